The Bertz CT molecular complexity index is 1010. The molecule has 0 saturated heterocycles. The van der Waals surface area contributed by atoms with E-state index in [1.807, 2.05) is 12.1 Å². The molecule has 0 radical (unpaired) electrons. The Morgan fingerprint density at radius 1 is 1.19 bits per heavy atom. The van der Waals surface area contributed by atoms with Crippen molar-refractivity contribution in [2.45, 2.75) is 13.0 Å². The van der Waals surface area contributed by atoms with Crippen LogP contribution in [0.3, 0.4) is 0 Å². The van der Waals surface area contributed by atoms with Gasteiger partial charge in [0.05, 0.1) is 5.69 Å². The van der Waals surface area contributed by atoms with E-state index >= 15 is 0 Å². The number of nitrogens with zero attached hydrogens (tertiary/aromatic N) is 2. The molecular weight excluding hydrogens is 389 g/mol. The minimum absolute atomic E-state index is 0.263. The van der Waals surface area contributed by atoms with Gasteiger partial charge >= 0.3 is 5.97 Å². The fourth-order valence-electron chi connectivity index (χ4n) is 2.33. The van der Waals surface area contributed by atoms with Crippen LogP contribution in [-0.4, -0.2) is 27.4 Å². The average molecular weight is 404 g/mol. The SMILES string of the molecule is C[C@@H](OC(=O)/C=C/c1c(Cl)nc2ccccn12)C(=O)Nc1ccc(Cl)cc1. The molecule has 6 nitrogen and oxygen atoms in total. The Hall–Kier alpha value is -2.83. The van der Waals surface area contributed by atoms with E-state index in [2.05, 4.69) is 10.3 Å². The van der Waals surface area contributed by atoms with E-state index < -0.39 is 18.0 Å². The lowest BCUT2D eigenvalue weighted by atomic mass is 10.3. The summed E-state index contributed by atoms with van der Waals surface area (Å²) in [6.45, 7) is 1.48. The number of amides is 1. The second-order valence-electron chi connectivity index (χ2n) is 5.63. The van der Waals surface area contributed by atoms with Crippen LogP contribution in [0.25, 0.3) is 11.7 Å². The van der Waals surface area contributed by atoms with Crippen molar-refractivity contribution in [1.82, 2.24) is 9.38 Å². The summed E-state index contributed by atoms with van der Waals surface area (Å²) in [6, 6.07) is 12.1. The highest BCUT2D eigenvalue weighted by Gasteiger charge is 2.17. The number of carbonyl (C=O) groups is 2. The van der Waals surface area contributed by atoms with Gasteiger partial charge in [-0.15, -0.1) is 0 Å². The summed E-state index contributed by atoms with van der Waals surface area (Å²) in [5.41, 5.74) is 1.76. The van der Waals surface area contributed by atoms with Crippen molar-refractivity contribution in [1.29, 1.82) is 0 Å². The van der Waals surface area contributed by atoms with E-state index in [1.54, 1.807) is 40.9 Å². The molecule has 1 aromatic carbocycles. The van der Waals surface area contributed by atoms with Gasteiger partial charge < -0.3 is 10.1 Å². The van der Waals surface area contributed by atoms with E-state index in [4.69, 9.17) is 27.9 Å². The first-order valence-electron chi connectivity index (χ1n) is 8.02. The highest BCUT2D eigenvalue weighted by atomic mass is 35.5. The van der Waals surface area contributed by atoms with E-state index in [0.717, 1.165) is 0 Å². The standard InChI is InChI=1S/C19H15Cl2N3O3/c1-12(19(26)22-14-7-5-13(20)6-8-14)27-17(25)10-9-15-18(21)23-16-4-2-3-11-24(15)16/h2-12H,1H3,(H,22,26)/b10-9+/t12-/m1/s1. The summed E-state index contributed by atoms with van der Waals surface area (Å²) in [5.74, 6) is -1.12. The first-order valence-corrected chi connectivity index (χ1v) is 8.77. The topological polar surface area (TPSA) is 72.7 Å². The van der Waals surface area contributed by atoms with Crippen molar-refractivity contribution >= 4 is 52.5 Å². The summed E-state index contributed by atoms with van der Waals surface area (Å²) in [6.07, 6.45) is 3.50. The Balaban J connectivity index is 1.62. The number of imidazole rings is 1. The molecule has 0 bridgehead atoms. The maximum absolute atomic E-state index is 12.1. The first-order chi connectivity index (χ1) is 12.9. The van der Waals surface area contributed by atoms with Crippen LogP contribution in [0.2, 0.25) is 10.2 Å². The molecular formula is C19H15Cl2N3O3. The van der Waals surface area contributed by atoms with Gasteiger partial charge in [-0.1, -0.05) is 29.3 Å². The van der Waals surface area contributed by atoms with Crippen molar-refractivity contribution in [2.24, 2.45) is 0 Å². The molecule has 2 heterocycles. The van der Waals surface area contributed by atoms with Crippen molar-refractivity contribution in [3.63, 3.8) is 0 Å². The van der Waals surface area contributed by atoms with Crippen LogP contribution in [0.1, 0.15) is 12.6 Å². The number of aromatic nitrogens is 2. The minimum Gasteiger partial charge on any atom is -0.449 e. The average Bonchev–Trinajstić information content (AvgIpc) is 2.97. The number of ether oxygens (including phenoxy) is 1. The molecule has 27 heavy (non-hydrogen) atoms. The van der Waals surface area contributed by atoms with Crippen LogP contribution in [0.15, 0.2) is 54.7 Å². The third kappa shape index (κ3) is 4.67. The van der Waals surface area contributed by atoms with Gasteiger partial charge in [0, 0.05) is 23.0 Å². The lowest BCUT2D eigenvalue weighted by Crippen LogP contribution is -2.29. The molecule has 2 aromatic heterocycles. The van der Waals surface area contributed by atoms with E-state index in [9.17, 15) is 9.59 Å². The molecule has 0 fully saturated rings. The maximum atomic E-state index is 12.1. The normalized spacial score (nSPS) is 12.3. The molecule has 1 amide bonds. The largest absolute Gasteiger partial charge is 0.449 e. The number of carbonyl (C=O) groups excluding carboxylic acids is 2. The van der Waals surface area contributed by atoms with Gasteiger partial charge in [0.1, 0.15) is 5.65 Å². The highest BCUT2D eigenvalue weighted by molar-refractivity contribution is 6.31. The maximum Gasteiger partial charge on any atom is 0.331 e. The van der Waals surface area contributed by atoms with Crippen LogP contribution in [0, 0.1) is 0 Å². The summed E-state index contributed by atoms with van der Waals surface area (Å²) in [4.78, 5) is 28.3. The highest BCUT2D eigenvalue weighted by Crippen LogP contribution is 2.19. The summed E-state index contributed by atoms with van der Waals surface area (Å²) >= 11 is 11.9. The summed E-state index contributed by atoms with van der Waals surface area (Å²) in [7, 11) is 0. The molecule has 0 unspecified atom stereocenters. The van der Waals surface area contributed by atoms with Gasteiger partial charge in [-0.05, 0) is 49.4 Å². The molecule has 0 aliphatic carbocycles. The summed E-state index contributed by atoms with van der Waals surface area (Å²) < 4.78 is 6.86. The zero-order valence-corrected chi connectivity index (χ0v) is 15.7. The molecule has 3 rings (SSSR count). The quantitative estimate of drug-likeness (QED) is 0.511. The van der Waals surface area contributed by atoms with Gasteiger partial charge in [-0.3, -0.25) is 9.20 Å². The monoisotopic (exact) mass is 403 g/mol. The van der Waals surface area contributed by atoms with Crippen LogP contribution in [0.4, 0.5) is 5.69 Å². The molecule has 0 aliphatic rings. The number of fused-ring (bicyclic) bond motifs is 1. The second kappa shape index (κ2) is 8.24. The second-order valence-corrected chi connectivity index (χ2v) is 6.42. The van der Waals surface area contributed by atoms with Crippen molar-refractivity contribution in [3.05, 3.63) is 70.6 Å². The van der Waals surface area contributed by atoms with E-state index in [1.165, 1.54) is 19.1 Å². The van der Waals surface area contributed by atoms with E-state index in [0.29, 0.717) is 22.1 Å². The van der Waals surface area contributed by atoms with Crippen LogP contribution in [-0.2, 0) is 14.3 Å². The Morgan fingerprint density at radius 3 is 2.67 bits per heavy atom. The van der Waals surface area contributed by atoms with Crippen molar-refractivity contribution < 1.29 is 14.3 Å². The number of hydrogen-bond acceptors (Lipinski definition) is 4. The Kier molecular flexibility index (Phi) is 5.78. The minimum atomic E-state index is -0.976. The molecule has 0 spiro atoms. The Labute approximate surface area is 165 Å². The predicted octanol–water partition coefficient (Wildman–Crippen LogP) is 4.22. The van der Waals surface area contributed by atoms with Gasteiger partial charge in [0.2, 0.25) is 0 Å². The molecule has 8 heteroatoms. The van der Waals surface area contributed by atoms with Crippen molar-refractivity contribution in [2.75, 3.05) is 5.32 Å². The van der Waals surface area contributed by atoms with Gasteiger partial charge in [0.25, 0.3) is 5.91 Å². The fraction of sp³-hybridized carbons (Fsp3) is 0.105. The number of hydrogen-bond donors (Lipinski definition) is 1. The number of rotatable bonds is 5. The lowest BCUT2D eigenvalue weighted by molar-refractivity contribution is -0.148. The third-order valence-electron chi connectivity index (χ3n) is 3.67. The first kappa shape index (κ1) is 18.9. The zero-order valence-electron chi connectivity index (χ0n) is 14.2. The number of nitrogens with one attached hydrogen (secondary N) is 1. The fourth-order valence-corrected chi connectivity index (χ4v) is 2.69. The van der Waals surface area contributed by atoms with Gasteiger partial charge in [-0.25, -0.2) is 9.78 Å². The van der Waals surface area contributed by atoms with Crippen LogP contribution in [0.5, 0.6) is 0 Å². The summed E-state index contributed by atoms with van der Waals surface area (Å²) in [5, 5.41) is 3.46. The van der Waals surface area contributed by atoms with Crippen LogP contribution < -0.4 is 5.32 Å². The molecule has 0 aliphatic heterocycles. The number of pyridine rings is 1. The number of anilines is 1. The smallest absolute Gasteiger partial charge is 0.331 e. The van der Waals surface area contributed by atoms with Gasteiger partial charge in [0.15, 0.2) is 11.3 Å². The zero-order chi connectivity index (χ0) is 19.4. The molecule has 1 atom stereocenters. The van der Waals surface area contributed by atoms with Crippen LogP contribution >= 0.6 is 23.2 Å². The van der Waals surface area contributed by atoms with Gasteiger partial charge in [-0.2, -0.15) is 0 Å². The van der Waals surface area contributed by atoms with Crippen molar-refractivity contribution in [3.8, 4) is 0 Å². The third-order valence-corrected chi connectivity index (χ3v) is 4.20. The molecule has 1 N–H and O–H groups in total. The number of halogens is 2. The Morgan fingerprint density at radius 2 is 1.93 bits per heavy atom. The molecule has 0 saturated carbocycles. The number of esters is 1. The predicted molar refractivity (Wildman–Crippen MR) is 105 cm³/mol. The molecule has 3 aromatic rings. The number of benzene rings is 1. The van der Waals surface area contributed by atoms with E-state index in [-0.39, 0.29) is 5.15 Å². The lowest BCUT2D eigenvalue weighted by Gasteiger charge is -2.12. The molecule has 138 valence electrons.